The molecule has 1 amide bonds. The van der Waals surface area contributed by atoms with Gasteiger partial charge in [0.2, 0.25) is 10.0 Å². The Balaban J connectivity index is 2.78. The monoisotopic (exact) mass is 286 g/mol. The van der Waals surface area contributed by atoms with Gasteiger partial charge in [-0.15, -0.1) is 0 Å². The minimum atomic E-state index is -3.81. The molecule has 106 valence electrons. The summed E-state index contributed by atoms with van der Waals surface area (Å²) in [6.45, 7) is 4.64. The van der Waals surface area contributed by atoms with Crippen LogP contribution < -0.4 is 10.5 Å². The molecule has 0 fully saturated rings. The van der Waals surface area contributed by atoms with Crippen molar-refractivity contribution < 1.29 is 17.9 Å². The molecule has 0 aromatic heterocycles. The number of nitrogens with two attached hydrogens (primary N) is 1. The van der Waals surface area contributed by atoms with E-state index >= 15 is 0 Å². The molecule has 1 unspecified atom stereocenters. The molecule has 0 heterocycles. The van der Waals surface area contributed by atoms with Gasteiger partial charge in [-0.05, 0) is 32.0 Å². The van der Waals surface area contributed by atoms with Gasteiger partial charge in [-0.3, -0.25) is 4.79 Å². The van der Waals surface area contributed by atoms with Crippen LogP contribution in [0.5, 0.6) is 0 Å². The van der Waals surface area contributed by atoms with Crippen LogP contribution >= 0.6 is 0 Å². The average molecular weight is 286 g/mol. The Morgan fingerprint density at radius 2 is 2.16 bits per heavy atom. The van der Waals surface area contributed by atoms with E-state index < -0.39 is 10.0 Å². The molecule has 7 heteroatoms. The van der Waals surface area contributed by atoms with Gasteiger partial charge >= 0.3 is 0 Å². The van der Waals surface area contributed by atoms with Crippen LogP contribution in [-0.4, -0.2) is 33.6 Å². The molecule has 6 nitrogen and oxygen atoms in total. The summed E-state index contributed by atoms with van der Waals surface area (Å²) in [4.78, 5) is 11.8. The SMILES string of the molecule is CCOCC(C)NC(=O)c1cccc(S(N)(=O)=O)c1. The number of carbonyl (C=O) groups excluding carboxylic acids is 1. The first-order valence-corrected chi connectivity index (χ1v) is 7.40. The Morgan fingerprint density at radius 1 is 1.47 bits per heavy atom. The number of ether oxygens (including phenoxy) is 1. The molecule has 0 saturated carbocycles. The first-order valence-electron chi connectivity index (χ1n) is 5.86. The normalized spacial score (nSPS) is 13.0. The van der Waals surface area contributed by atoms with Crippen molar-refractivity contribution >= 4 is 15.9 Å². The van der Waals surface area contributed by atoms with Crippen molar-refractivity contribution in [1.82, 2.24) is 5.32 Å². The zero-order valence-corrected chi connectivity index (χ0v) is 11.7. The van der Waals surface area contributed by atoms with Crippen LogP contribution in [0.15, 0.2) is 29.2 Å². The van der Waals surface area contributed by atoms with Crippen molar-refractivity contribution in [2.75, 3.05) is 13.2 Å². The van der Waals surface area contributed by atoms with E-state index in [1.165, 1.54) is 24.3 Å². The van der Waals surface area contributed by atoms with Gasteiger partial charge in [0.25, 0.3) is 5.91 Å². The first kappa shape index (κ1) is 15.6. The maximum Gasteiger partial charge on any atom is 0.251 e. The second kappa shape index (κ2) is 6.65. The molecule has 1 rings (SSSR count). The molecule has 19 heavy (non-hydrogen) atoms. The Hall–Kier alpha value is -1.44. The van der Waals surface area contributed by atoms with Gasteiger partial charge in [-0.25, -0.2) is 13.6 Å². The number of amides is 1. The van der Waals surface area contributed by atoms with Gasteiger partial charge in [0, 0.05) is 18.2 Å². The number of carbonyl (C=O) groups is 1. The maximum absolute atomic E-state index is 11.9. The largest absolute Gasteiger partial charge is 0.380 e. The number of nitrogens with one attached hydrogen (secondary N) is 1. The minimum absolute atomic E-state index is 0.0855. The number of hydrogen-bond donors (Lipinski definition) is 2. The second-order valence-corrected chi connectivity index (χ2v) is 5.67. The van der Waals surface area contributed by atoms with Crippen molar-refractivity contribution in [3.63, 3.8) is 0 Å². The third kappa shape index (κ3) is 4.98. The Kier molecular flexibility index (Phi) is 5.46. The van der Waals surface area contributed by atoms with E-state index in [1.54, 1.807) is 6.92 Å². The summed E-state index contributed by atoms with van der Waals surface area (Å²) >= 11 is 0. The van der Waals surface area contributed by atoms with Crippen molar-refractivity contribution in [2.24, 2.45) is 5.14 Å². The summed E-state index contributed by atoms with van der Waals surface area (Å²) in [5, 5.41) is 7.72. The third-order valence-corrected chi connectivity index (χ3v) is 3.29. The van der Waals surface area contributed by atoms with Crippen LogP contribution in [-0.2, 0) is 14.8 Å². The highest BCUT2D eigenvalue weighted by atomic mass is 32.2. The predicted octanol–water partition coefficient (Wildman–Crippen LogP) is 0.489. The van der Waals surface area contributed by atoms with Gasteiger partial charge < -0.3 is 10.1 Å². The Labute approximate surface area is 113 Å². The average Bonchev–Trinajstić information content (AvgIpc) is 2.35. The third-order valence-electron chi connectivity index (χ3n) is 2.37. The highest BCUT2D eigenvalue weighted by Crippen LogP contribution is 2.09. The van der Waals surface area contributed by atoms with Crippen LogP contribution in [0, 0.1) is 0 Å². The standard InChI is InChI=1S/C12H18N2O4S/c1-3-18-8-9(2)14-12(15)10-5-4-6-11(7-10)19(13,16)17/h4-7,9H,3,8H2,1-2H3,(H,14,15)(H2,13,16,17). The predicted molar refractivity (Wildman–Crippen MR) is 71.2 cm³/mol. The quantitative estimate of drug-likeness (QED) is 0.795. The van der Waals surface area contributed by atoms with E-state index in [-0.39, 0.29) is 22.4 Å². The lowest BCUT2D eigenvalue weighted by Crippen LogP contribution is -2.36. The smallest absolute Gasteiger partial charge is 0.251 e. The fourth-order valence-electron chi connectivity index (χ4n) is 1.46. The molecule has 1 aromatic rings. The highest BCUT2D eigenvalue weighted by molar-refractivity contribution is 7.89. The fraction of sp³-hybridized carbons (Fsp3) is 0.417. The Bertz CT molecular complexity index is 542. The van der Waals surface area contributed by atoms with E-state index in [1.807, 2.05) is 6.92 Å². The van der Waals surface area contributed by atoms with Crippen molar-refractivity contribution in [3.8, 4) is 0 Å². The molecule has 0 bridgehead atoms. The number of primary sulfonamides is 1. The van der Waals surface area contributed by atoms with Crippen LogP contribution in [0.25, 0.3) is 0 Å². The molecule has 3 N–H and O–H groups in total. The first-order chi connectivity index (χ1) is 8.84. The van der Waals surface area contributed by atoms with Gasteiger partial charge in [0.15, 0.2) is 0 Å². The zero-order chi connectivity index (χ0) is 14.5. The van der Waals surface area contributed by atoms with Crippen LogP contribution in [0.1, 0.15) is 24.2 Å². The Morgan fingerprint density at radius 3 is 2.74 bits per heavy atom. The molecular weight excluding hydrogens is 268 g/mol. The lowest BCUT2D eigenvalue weighted by molar-refractivity contribution is 0.0872. The van der Waals surface area contributed by atoms with E-state index in [2.05, 4.69) is 5.32 Å². The number of sulfonamides is 1. The van der Waals surface area contributed by atoms with Crippen LogP contribution in [0.3, 0.4) is 0 Å². The van der Waals surface area contributed by atoms with Crippen molar-refractivity contribution in [2.45, 2.75) is 24.8 Å². The minimum Gasteiger partial charge on any atom is -0.380 e. The summed E-state index contributed by atoms with van der Waals surface area (Å²) in [5.74, 6) is -0.363. The molecule has 1 aromatic carbocycles. The molecule has 0 saturated heterocycles. The van der Waals surface area contributed by atoms with E-state index in [0.717, 1.165) is 0 Å². The van der Waals surface area contributed by atoms with Crippen molar-refractivity contribution in [3.05, 3.63) is 29.8 Å². The lowest BCUT2D eigenvalue weighted by atomic mass is 10.2. The summed E-state index contributed by atoms with van der Waals surface area (Å²) < 4.78 is 27.6. The van der Waals surface area contributed by atoms with E-state index in [0.29, 0.717) is 13.2 Å². The second-order valence-electron chi connectivity index (χ2n) is 4.11. The topological polar surface area (TPSA) is 98.5 Å². The number of benzene rings is 1. The highest BCUT2D eigenvalue weighted by Gasteiger charge is 2.13. The van der Waals surface area contributed by atoms with Crippen LogP contribution in [0.2, 0.25) is 0 Å². The molecule has 0 spiro atoms. The summed E-state index contributed by atoms with van der Waals surface area (Å²) in [6.07, 6.45) is 0. The molecular formula is C12H18N2O4S. The summed E-state index contributed by atoms with van der Waals surface area (Å²) in [5.41, 5.74) is 0.245. The molecule has 0 aliphatic carbocycles. The van der Waals surface area contributed by atoms with Gasteiger partial charge in [-0.2, -0.15) is 0 Å². The molecule has 0 aliphatic rings. The van der Waals surface area contributed by atoms with Crippen molar-refractivity contribution in [1.29, 1.82) is 0 Å². The van der Waals surface area contributed by atoms with Gasteiger partial charge in [0.1, 0.15) is 0 Å². The van der Waals surface area contributed by atoms with E-state index in [4.69, 9.17) is 9.88 Å². The summed E-state index contributed by atoms with van der Waals surface area (Å²) in [6, 6.07) is 5.43. The van der Waals surface area contributed by atoms with Gasteiger partial charge in [-0.1, -0.05) is 6.07 Å². The molecule has 0 radical (unpaired) electrons. The van der Waals surface area contributed by atoms with Crippen LogP contribution in [0.4, 0.5) is 0 Å². The zero-order valence-electron chi connectivity index (χ0n) is 10.9. The number of rotatable bonds is 6. The molecule has 1 atom stereocenters. The van der Waals surface area contributed by atoms with Gasteiger partial charge in [0.05, 0.1) is 11.5 Å². The fourth-order valence-corrected chi connectivity index (χ4v) is 2.02. The number of hydrogen-bond acceptors (Lipinski definition) is 4. The lowest BCUT2D eigenvalue weighted by Gasteiger charge is -2.13. The van der Waals surface area contributed by atoms with E-state index in [9.17, 15) is 13.2 Å². The summed E-state index contributed by atoms with van der Waals surface area (Å²) in [7, 11) is -3.81. The maximum atomic E-state index is 11.9. The molecule has 0 aliphatic heterocycles.